The van der Waals surface area contributed by atoms with Gasteiger partial charge in [0, 0.05) is 38.8 Å². The molecule has 6 heteroatoms. The molecule has 0 aliphatic carbocycles. The van der Waals surface area contributed by atoms with Crippen molar-refractivity contribution in [1.82, 2.24) is 5.32 Å². The van der Waals surface area contributed by atoms with Crippen molar-refractivity contribution in [2.75, 3.05) is 26.4 Å². The molecule has 0 aromatic carbocycles. The van der Waals surface area contributed by atoms with E-state index in [9.17, 15) is 4.79 Å². The molecule has 0 rings (SSSR count). The molecule has 0 spiro atoms. The molecule has 0 heterocycles. The topological polar surface area (TPSA) is 56.8 Å². The summed E-state index contributed by atoms with van der Waals surface area (Å²) in [5, 5.41) is 2.90. The Balaban J connectivity index is 4.13. The number of rotatable bonds is 12. The normalized spacial score (nSPS) is 11.6. The second-order valence-electron chi connectivity index (χ2n) is 4.19. The molecule has 0 aromatic heterocycles. The van der Waals surface area contributed by atoms with Crippen molar-refractivity contribution in [3.63, 3.8) is 0 Å². The highest BCUT2D eigenvalue weighted by Gasteiger charge is 2.39. The number of carbonyl (C=O) groups is 1. The van der Waals surface area contributed by atoms with Gasteiger partial charge >= 0.3 is 8.80 Å². The summed E-state index contributed by atoms with van der Waals surface area (Å²) in [5.74, 6) is 0.110. The fraction of sp³-hybridized carbons (Fsp3) is 0.923. The zero-order valence-corrected chi connectivity index (χ0v) is 13.8. The molecular formula is C13H29NO4Si. The molecule has 114 valence electrons. The minimum Gasteiger partial charge on any atom is -0.374 e. The summed E-state index contributed by atoms with van der Waals surface area (Å²) in [6.45, 7) is 10.3. The van der Waals surface area contributed by atoms with Crippen LogP contribution in [0, 0.1) is 0 Å². The zero-order valence-electron chi connectivity index (χ0n) is 12.8. The zero-order chi connectivity index (χ0) is 14.6. The van der Waals surface area contributed by atoms with Crippen LogP contribution in [-0.4, -0.2) is 41.1 Å². The Morgan fingerprint density at radius 2 is 1.53 bits per heavy atom. The lowest BCUT2D eigenvalue weighted by atomic mass is 10.3. The highest BCUT2D eigenvalue weighted by atomic mass is 28.4. The monoisotopic (exact) mass is 291 g/mol. The van der Waals surface area contributed by atoms with Crippen molar-refractivity contribution >= 4 is 14.7 Å². The smallest absolute Gasteiger partial charge is 0.374 e. The summed E-state index contributed by atoms with van der Waals surface area (Å²) in [4.78, 5) is 11.4. The Hall–Kier alpha value is -0.433. The van der Waals surface area contributed by atoms with Gasteiger partial charge in [-0.25, -0.2) is 0 Å². The summed E-state index contributed by atoms with van der Waals surface area (Å²) < 4.78 is 17.2. The van der Waals surface area contributed by atoms with Gasteiger partial charge < -0.3 is 18.6 Å². The van der Waals surface area contributed by atoms with Crippen LogP contribution in [0.2, 0.25) is 6.04 Å². The summed E-state index contributed by atoms with van der Waals surface area (Å²) in [6.07, 6.45) is 2.29. The van der Waals surface area contributed by atoms with E-state index in [1.807, 2.05) is 27.7 Å². The third kappa shape index (κ3) is 8.36. The van der Waals surface area contributed by atoms with Crippen molar-refractivity contribution in [1.29, 1.82) is 0 Å². The molecule has 0 unspecified atom stereocenters. The van der Waals surface area contributed by atoms with Crippen LogP contribution < -0.4 is 5.32 Å². The van der Waals surface area contributed by atoms with Crippen LogP contribution >= 0.6 is 0 Å². The van der Waals surface area contributed by atoms with Gasteiger partial charge in [-0.2, -0.15) is 0 Å². The molecule has 0 saturated heterocycles. The Morgan fingerprint density at radius 1 is 1.00 bits per heavy atom. The molecule has 5 nitrogen and oxygen atoms in total. The van der Waals surface area contributed by atoms with E-state index in [4.69, 9.17) is 13.3 Å². The van der Waals surface area contributed by atoms with Gasteiger partial charge in [0.15, 0.2) is 0 Å². The number of carbonyl (C=O) groups excluding carboxylic acids is 1. The minimum absolute atomic E-state index is 0.110. The van der Waals surface area contributed by atoms with Crippen LogP contribution in [0.4, 0.5) is 0 Å². The second-order valence-corrected chi connectivity index (χ2v) is 6.92. The Labute approximate surface area is 118 Å². The SMILES string of the molecule is CCCC(=O)NCCC[Si](OCC)(OCC)OCC. The second kappa shape index (κ2) is 11.4. The molecule has 0 atom stereocenters. The van der Waals surface area contributed by atoms with Gasteiger partial charge in [-0.05, 0) is 33.6 Å². The maximum Gasteiger partial charge on any atom is 0.500 e. The standard InChI is InChI=1S/C13H29NO4Si/c1-5-10-13(15)14-11-9-12-19(16-6-2,17-7-3)18-8-4/h5-12H2,1-4H3,(H,14,15). The van der Waals surface area contributed by atoms with Crippen molar-refractivity contribution in [3.8, 4) is 0 Å². The largest absolute Gasteiger partial charge is 0.500 e. The first-order chi connectivity index (χ1) is 9.14. The third-order valence-electron chi connectivity index (χ3n) is 2.55. The predicted molar refractivity (Wildman–Crippen MR) is 78.0 cm³/mol. The summed E-state index contributed by atoms with van der Waals surface area (Å²) in [7, 11) is -2.54. The van der Waals surface area contributed by atoms with Gasteiger partial charge in [-0.15, -0.1) is 0 Å². The molecule has 0 aliphatic rings. The van der Waals surface area contributed by atoms with Gasteiger partial charge in [-0.3, -0.25) is 4.79 Å². The van der Waals surface area contributed by atoms with E-state index in [2.05, 4.69) is 5.32 Å². The van der Waals surface area contributed by atoms with Crippen molar-refractivity contribution in [3.05, 3.63) is 0 Å². The minimum atomic E-state index is -2.54. The number of hydrogen-bond acceptors (Lipinski definition) is 4. The summed E-state index contributed by atoms with van der Waals surface area (Å²) in [5.41, 5.74) is 0. The third-order valence-corrected chi connectivity index (χ3v) is 5.70. The fourth-order valence-electron chi connectivity index (χ4n) is 1.85. The lowest BCUT2D eigenvalue weighted by Crippen LogP contribution is -2.46. The van der Waals surface area contributed by atoms with E-state index in [0.29, 0.717) is 32.8 Å². The molecule has 0 saturated carbocycles. The average molecular weight is 291 g/mol. The summed E-state index contributed by atoms with van der Waals surface area (Å²) in [6, 6.07) is 0.745. The first-order valence-corrected chi connectivity index (χ1v) is 9.25. The van der Waals surface area contributed by atoms with Gasteiger partial charge in [-0.1, -0.05) is 6.92 Å². The predicted octanol–water partition coefficient (Wildman–Crippen LogP) is 2.34. The van der Waals surface area contributed by atoms with Crippen LogP contribution in [0.25, 0.3) is 0 Å². The first-order valence-electron chi connectivity index (χ1n) is 7.32. The maximum absolute atomic E-state index is 11.4. The highest BCUT2D eigenvalue weighted by molar-refractivity contribution is 6.60. The maximum atomic E-state index is 11.4. The van der Waals surface area contributed by atoms with E-state index >= 15 is 0 Å². The quantitative estimate of drug-likeness (QED) is 0.443. The molecule has 1 amide bonds. The molecule has 19 heavy (non-hydrogen) atoms. The Bertz CT molecular complexity index is 222. The molecule has 0 aromatic rings. The van der Waals surface area contributed by atoms with Crippen LogP contribution in [0.1, 0.15) is 47.0 Å². The first kappa shape index (κ1) is 18.6. The molecular weight excluding hydrogens is 262 g/mol. The molecule has 0 aliphatic heterocycles. The van der Waals surface area contributed by atoms with Gasteiger partial charge in [0.25, 0.3) is 0 Å². The van der Waals surface area contributed by atoms with E-state index in [-0.39, 0.29) is 5.91 Å². The van der Waals surface area contributed by atoms with Crippen LogP contribution in [-0.2, 0) is 18.1 Å². The number of amides is 1. The lowest BCUT2D eigenvalue weighted by Gasteiger charge is -2.28. The van der Waals surface area contributed by atoms with E-state index in [1.165, 1.54) is 0 Å². The molecule has 0 fully saturated rings. The van der Waals surface area contributed by atoms with Crippen molar-refractivity contribution in [2.24, 2.45) is 0 Å². The lowest BCUT2D eigenvalue weighted by molar-refractivity contribution is -0.121. The van der Waals surface area contributed by atoms with Gasteiger partial charge in [0.05, 0.1) is 0 Å². The van der Waals surface area contributed by atoms with Crippen LogP contribution in [0.3, 0.4) is 0 Å². The van der Waals surface area contributed by atoms with Crippen LogP contribution in [0.5, 0.6) is 0 Å². The Morgan fingerprint density at radius 3 is 1.95 bits per heavy atom. The molecule has 0 radical (unpaired) electrons. The highest BCUT2D eigenvalue weighted by Crippen LogP contribution is 2.17. The summed E-state index contributed by atoms with van der Waals surface area (Å²) >= 11 is 0. The van der Waals surface area contributed by atoms with Gasteiger partial charge in [0.2, 0.25) is 5.91 Å². The van der Waals surface area contributed by atoms with Crippen molar-refractivity contribution in [2.45, 2.75) is 53.0 Å². The fourth-order valence-corrected chi connectivity index (χ4v) is 4.46. The van der Waals surface area contributed by atoms with E-state index < -0.39 is 8.80 Å². The van der Waals surface area contributed by atoms with Gasteiger partial charge in [0.1, 0.15) is 0 Å². The molecule has 1 N–H and O–H groups in total. The van der Waals surface area contributed by atoms with E-state index in [1.54, 1.807) is 0 Å². The Kier molecular flexibility index (Phi) is 11.1. The van der Waals surface area contributed by atoms with Crippen molar-refractivity contribution < 1.29 is 18.1 Å². The van der Waals surface area contributed by atoms with E-state index in [0.717, 1.165) is 18.9 Å². The number of nitrogens with one attached hydrogen (secondary N) is 1. The number of hydrogen-bond donors (Lipinski definition) is 1. The van der Waals surface area contributed by atoms with Crippen LogP contribution in [0.15, 0.2) is 0 Å². The average Bonchev–Trinajstić information content (AvgIpc) is 2.36. The molecule has 0 bridgehead atoms.